The third-order valence-corrected chi connectivity index (χ3v) is 5.02. The van der Waals surface area contributed by atoms with Crippen LogP contribution in [0.1, 0.15) is 10.4 Å². The van der Waals surface area contributed by atoms with Crippen LogP contribution in [0, 0.1) is 5.82 Å². The van der Waals surface area contributed by atoms with E-state index in [1.807, 2.05) is 0 Å². The molecule has 0 saturated carbocycles. The van der Waals surface area contributed by atoms with Crippen LogP contribution >= 0.6 is 0 Å². The smallest absolute Gasteiger partial charge is 0.431 e. The Balaban J connectivity index is 1.90. The van der Waals surface area contributed by atoms with Crippen LogP contribution in [0.15, 0.2) is 78.9 Å². The van der Waals surface area contributed by atoms with Crippen molar-refractivity contribution in [3.63, 3.8) is 0 Å². The SMILES string of the molecule is CN(C(=O)c1c(N)c(-c2cccc(F)c2)nc2ccccc12)N(C(=O)O)c1ccccc1. The van der Waals surface area contributed by atoms with Crippen LogP contribution in [-0.2, 0) is 0 Å². The number of rotatable bonds is 3. The lowest BCUT2D eigenvalue weighted by Crippen LogP contribution is -2.47. The molecule has 3 aromatic carbocycles. The normalized spacial score (nSPS) is 10.7. The number of carbonyl (C=O) groups is 2. The maximum atomic E-state index is 13.9. The summed E-state index contributed by atoms with van der Waals surface area (Å²) < 4.78 is 13.9. The zero-order valence-corrected chi connectivity index (χ0v) is 17.1. The summed E-state index contributed by atoms with van der Waals surface area (Å²) in [5.74, 6) is -1.12. The molecule has 0 aliphatic carbocycles. The summed E-state index contributed by atoms with van der Waals surface area (Å²) in [6.45, 7) is 0. The molecule has 0 aliphatic rings. The molecule has 160 valence electrons. The number of hydrogen-bond donors (Lipinski definition) is 2. The summed E-state index contributed by atoms with van der Waals surface area (Å²) in [6.07, 6.45) is -1.34. The number of hydrazine groups is 1. The molecule has 32 heavy (non-hydrogen) atoms. The quantitative estimate of drug-likeness (QED) is 0.455. The predicted molar refractivity (Wildman–Crippen MR) is 121 cm³/mol. The number of pyridine rings is 1. The number of benzene rings is 3. The van der Waals surface area contributed by atoms with E-state index < -0.39 is 17.8 Å². The molecule has 0 fully saturated rings. The molecule has 0 unspecified atom stereocenters. The summed E-state index contributed by atoms with van der Waals surface area (Å²) >= 11 is 0. The molecule has 0 bridgehead atoms. The third kappa shape index (κ3) is 3.69. The van der Waals surface area contributed by atoms with E-state index in [9.17, 15) is 19.1 Å². The van der Waals surface area contributed by atoms with Gasteiger partial charge in [-0.1, -0.05) is 48.5 Å². The molecule has 0 atom stereocenters. The van der Waals surface area contributed by atoms with Gasteiger partial charge < -0.3 is 10.8 Å². The van der Waals surface area contributed by atoms with Crippen molar-refractivity contribution >= 4 is 34.3 Å². The molecule has 2 amide bonds. The second-order valence-electron chi connectivity index (χ2n) is 7.04. The molecule has 4 aromatic rings. The van der Waals surface area contributed by atoms with Crippen LogP contribution in [0.3, 0.4) is 0 Å². The Kier molecular flexibility index (Phi) is 5.43. The fourth-order valence-corrected chi connectivity index (χ4v) is 3.55. The topological polar surface area (TPSA) is 99.8 Å². The van der Waals surface area contributed by atoms with Crippen LogP contribution < -0.4 is 10.7 Å². The fourth-order valence-electron chi connectivity index (χ4n) is 3.55. The first kappa shape index (κ1) is 20.8. The van der Waals surface area contributed by atoms with Gasteiger partial charge in [0, 0.05) is 18.0 Å². The van der Waals surface area contributed by atoms with E-state index in [0.717, 1.165) is 10.0 Å². The van der Waals surface area contributed by atoms with Gasteiger partial charge in [-0.25, -0.2) is 19.2 Å². The third-order valence-electron chi connectivity index (χ3n) is 5.02. The summed E-state index contributed by atoms with van der Waals surface area (Å²) in [5, 5.41) is 12.1. The Morgan fingerprint density at radius 3 is 2.34 bits per heavy atom. The fraction of sp³-hybridized carbons (Fsp3) is 0.0417. The Hall–Kier alpha value is -4.46. The van der Waals surface area contributed by atoms with Crippen molar-refractivity contribution in [2.45, 2.75) is 0 Å². The lowest BCUT2D eigenvalue weighted by Gasteiger charge is -2.30. The van der Waals surface area contributed by atoms with Gasteiger partial charge in [-0.15, -0.1) is 0 Å². The zero-order valence-electron chi connectivity index (χ0n) is 17.1. The maximum absolute atomic E-state index is 13.9. The first-order valence-electron chi connectivity index (χ1n) is 9.68. The van der Waals surface area contributed by atoms with Gasteiger partial charge in [0.15, 0.2) is 0 Å². The number of fused-ring (bicyclic) bond motifs is 1. The molecule has 7 nitrogen and oxygen atoms in total. The number of anilines is 2. The van der Waals surface area contributed by atoms with Crippen molar-refractivity contribution < 1.29 is 19.1 Å². The van der Waals surface area contributed by atoms with Crippen molar-refractivity contribution in [1.82, 2.24) is 9.99 Å². The molecular formula is C24H19FN4O3. The minimum atomic E-state index is -1.34. The average molecular weight is 430 g/mol. The molecule has 4 rings (SSSR count). The van der Waals surface area contributed by atoms with E-state index in [1.54, 1.807) is 60.7 Å². The molecule has 0 radical (unpaired) electrons. The minimum absolute atomic E-state index is 0.0320. The highest BCUT2D eigenvalue weighted by molar-refractivity contribution is 6.14. The van der Waals surface area contributed by atoms with Crippen LogP contribution in [0.25, 0.3) is 22.2 Å². The number of nitrogen functional groups attached to an aromatic ring is 1. The number of carbonyl (C=O) groups excluding carboxylic acids is 1. The van der Waals surface area contributed by atoms with Gasteiger partial charge in [0.25, 0.3) is 5.91 Å². The number of hydrogen-bond acceptors (Lipinski definition) is 4. The lowest BCUT2D eigenvalue weighted by molar-refractivity contribution is 0.0772. The zero-order chi connectivity index (χ0) is 22.8. The number of para-hydroxylation sites is 2. The van der Waals surface area contributed by atoms with E-state index in [0.29, 0.717) is 16.5 Å². The van der Waals surface area contributed by atoms with E-state index in [1.165, 1.54) is 25.2 Å². The van der Waals surface area contributed by atoms with Gasteiger partial charge in [-0.2, -0.15) is 5.01 Å². The molecule has 0 saturated heterocycles. The number of carboxylic acid groups (broad SMARTS) is 1. The standard InChI is InChI=1S/C24H19FN4O3/c1-28(29(24(31)32)17-10-3-2-4-11-17)23(30)20-18-12-5-6-13-19(18)27-22(21(20)26)15-8-7-9-16(25)14-15/h2-14H,26H2,1H3,(H,31,32). The second kappa shape index (κ2) is 8.35. The lowest BCUT2D eigenvalue weighted by atomic mass is 10.0. The Morgan fingerprint density at radius 1 is 0.969 bits per heavy atom. The van der Waals surface area contributed by atoms with Gasteiger partial charge in [0.2, 0.25) is 0 Å². The second-order valence-corrected chi connectivity index (χ2v) is 7.04. The maximum Gasteiger partial charge on any atom is 0.431 e. The molecule has 0 spiro atoms. The summed E-state index contributed by atoms with van der Waals surface area (Å²) in [7, 11) is 1.35. The van der Waals surface area contributed by atoms with Crippen LogP contribution in [0.4, 0.5) is 20.6 Å². The molecule has 3 N–H and O–H groups in total. The number of amides is 2. The molecule has 0 aliphatic heterocycles. The number of aromatic nitrogens is 1. The van der Waals surface area contributed by atoms with Crippen molar-refractivity contribution in [2.24, 2.45) is 0 Å². The number of nitrogens with two attached hydrogens (primary N) is 1. The van der Waals surface area contributed by atoms with Crippen LogP contribution in [0.2, 0.25) is 0 Å². The van der Waals surface area contributed by atoms with Crippen LogP contribution in [-0.4, -0.2) is 34.1 Å². The van der Waals surface area contributed by atoms with Crippen molar-refractivity contribution in [3.05, 3.63) is 90.2 Å². The molecule has 1 heterocycles. The van der Waals surface area contributed by atoms with Gasteiger partial charge in [-0.3, -0.25) is 4.79 Å². The predicted octanol–water partition coefficient (Wildman–Crippen LogP) is 4.79. The van der Waals surface area contributed by atoms with Gasteiger partial charge in [0.1, 0.15) is 5.82 Å². The highest BCUT2D eigenvalue weighted by atomic mass is 19.1. The molecular weight excluding hydrogens is 411 g/mol. The Labute approximate surface area is 183 Å². The molecule has 1 aromatic heterocycles. The molecule has 8 heteroatoms. The van der Waals surface area contributed by atoms with E-state index in [2.05, 4.69) is 4.98 Å². The average Bonchev–Trinajstić information content (AvgIpc) is 2.79. The summed E-state index contributed by atoms with van der Waals surface area (Å²) in [6, 6.07) is 20.8. The van der Waals surface area contributed by atoms with E-state index >= 15 is 0 Å². The first-order chi connectivity index (χ1) is 15.4. The highest BCUT2D eigenvalue weighted by Gasteiger charge is 2.29. The summed E-state index contributed by atoms with van der Waals surface area (Å²) in [5.41, 5.74) is 7.91. The van der Waals surface area contributed by atoms with Crippen molar-refractivity contribution in [2.75, 3.05) is 17.8 Å². The van der Waals surface area contributed by atoms with Crippen LogP contribution in [0.5, 0.6) is 0 Å². The van der Waals surface area contributed by atoms with E-state index in [4.69, 9.17) is 5.73 Å². The highest BCUT2D eigenvalue weighted by Crippen LogP contribution is 2.33. The summed E-state index contributed by atoms with van der Waals surface area (Å²) in [4.78, 5) is 30.1. The monoisotopic (exact) mass is 430 g/mol. The van der Waals surface area contributed by atoms with Gasteiger partial charge in [0.05, 0.1) is 28.1 Å². The Morgan fingerprint density at radius 2 is 1.66 bits per heavy atom. The minimum Gasteiger partial charge on any atom is -0.463 e. The van der Waals surface area contributed by atoms with Crippen molar-refractivity contribution in [1.29, 1.82) is 0 Å². The Bertz CT molecular complexity index is 1330. The van der Waals surface area contributed by atoms with Gasteiger partial charge in [-0.05, 0) is 30.3 Å². The number of halogens is 1. The largest absolute Gasteiger partial charge is 0.463 e. The van der Waals surface area contributed by atoms with Gasteiger partial charge >= 0.3 is 6.09 Å². The number of nitrogens with zero attached hydrogens (tertiary/aromatic N) is 3. The first-order valence-corrected chi connectivity index (χ1v) is 9.68. The van der Waals surface area contributed by atoms with E-state index in [-0.39, 0.29) is 22.6 Å². The van der Waals surface area contributed by atoms with Crippen molar-refractivity contribution in [3.8, 4) is 11.3 Å².